The highest BCUT2D eigenvalue weighted by Crippen LogP contribution is 2.51. The Morgan fingerprint density at radius 2 is 1.56 bits per heavy atom. The van der Waals surface area contributed by atoms with E-state index in [0.717, 1.165) is 11.1 Å². The van der Waals surface area contributed by atoms with E-state index >= 15 is 0 Å². The number of nitrogens with one attached hydrogen (secondary N) is 1. The number of hydrogen-bond acceptors (Lipinski definition) is 7. The molecule has 3 aromatic carbocycles. The average Bonchev–Trinajstić information content (AvgIpc) is 3.47. The molecular weight excluding hydrogens is 524 g/mol. The zero-order valence-corrected chi connectivity index (χ0v) is 23.6. The van der Waals surface area contributed by atoms with Gasteiger partial charge in [-0.2, -0.15) is 0 Å². The van der Waals surface area contributed by atoms with Gasteiger partial charge in [-0.25, -0.2) is 24.8 Å². The Balaban J connectivity index is 1.58. The van der Waals surface area contributed by atoms with E-state index in [1.165, 1.54) is 21.9 Å². The molecule has 3 amide bonds. The second-order valence-corrected chi connectivity index (χ2v) is 10.9. The van der Waals surface area contributed by atoms with Gasteiger partial charge in [0.05, 0.1) is 18.5 Å². The van der Waals surface area contributed by atoms with Crippen molar-refractivity contribution in [3.05, 3.63) is 96.1 Å². The highest BCUT2D eigenvalue weighted by Gasteiger charge is 2.62. The smallest absolute Gasteiger partial charge is 0.429 e. The number of likely N-dealkylation sites (tertiary alicyclic amines) is 1. The van der Waals surface area contributed by atoms with E-state index < -0.39 is 35.6 Å². The fraction of sp³-hybridized carbons (Fsp3) is 0.323. The zero-order chi connectivity index (χ0) is 29.2. The number of fused-ring (bicyclic) bond motifs is 3. The monoisotopic (exact) mass is 558 g/mol. The third kappa shape index (κ3) is 5.43. The molecule has 10 nitrogen and oxygen atoms in total. The molecule has 3 aromatic rings. The van der Waals surface area contributed by atoms with Gasteiger partial charge in [0, 0.05) is 12.1 Å². The summed E-state index contributed by atoms with van der Waals surface area (Å²) < 4.78 is 16.7. The van der Waals surface area contributed by atoms with Crippen LogP contribution in [0.5, 0.6) is 0 Å². The molecule has 2 atom stereocenters. The molecule has 0 bridgehead atoms. The fourth-order valence-electron chi connectivity index (χ4n) is 5.41. The third-order valence-electron chi connectivity index (χ3n) is 7.08. The molecule has 10 heteroatoms. The zero-order valence-electron chi connectivity index (χ0n) is 23.6. The lowest BCUT2D eigenvalue weighted by Gasteiger charge is -2.40. The Kier molecular flexibility index (Phi) is 7.59. The van der Waals surface area contributed by atoms with Crippen molar-refractivity contribution in [3.8, 4) is 0 Å². The van der Waals surface area contributed by atoms with Gasteiger partial charge in [-0.1, -0.05) is 66.7 Å². The number of para-hydroxylation sites is 2. The third-order valence-corrected chi connectivity index (χ3v) is 7.08. The summed E-state index contributed by atoms with van der Waals surface area (Å²) in [5.74, 6) is 0. The summed E-state index contributed by atoms with van der Waals surface area (Å²) in [7, 11) is 1.30. The maximum absolute atomic E-state index is 13.8. The van der Waals surface area contributed by atoms with Crippen LogP contribution in [0.3, 0.4) is 0 Å². The van der Waals surface area contributed by atoms with E-state index in [-0.39, 0.29) is 13.2 Å². The predicted octanol–water partition coefficient (Wildman–Crippen LogP) is 5.78. The summed E-state index contributed by atoms with van der Waals surface area (Å²) in [6.07, 6.45) is -2.39. The van der Waals surface area contributed by atoms with Crippen LogP contribution in [-0.2, 0) is 26.4 Å². The van der Waals surface area contributed by atoms with Gasteiger partial charge in [-0.3, -0.25) is 9.80 Å². The number of benzene rings is 3. The van der Waals surface area contributed by atoms with Gasteiger partial charge in [0.15, 0.2) is 0 Å². The minimum Gasteiger partial charge on any atom is -0.453 e. The van der Waals surface area contributed by atoms with Crippen LogP contribution in [0.15, 0.2) is 84.9 Å². The minimum atomic E-state index is -1.09. The number of nitrogens with zero attached hydrogens (tertiary/aromatic N) is 3. The van der Waals surface area contributed by atoms with Crippen molar-refractivity contribution in [1.82, 2.24) is 10.3 Å². The number of anilines is 2. The number of methoxy groups -OCH3 is 1. The van der Waals surface area contributed by atoms with Crippen LogP contribution < -0.4 is 15.3 Å². The number of amides is 3. The van der Waals surface area contributed by atoms with E-state index in [2.05, 4.69) is 5.43 Å². The molecule has 1 N–H and O–H groups in total. The molecule has 1 saturated heterocycles. The summed E-state index contributed by atoms with van der Waals surface area (Å²) in [4.78, 5) is 43.4. The lowest BCUT2D eigenvalue weighted by atomic mass is 9.89. The first-order valence-corrected chi connectivity index (χ1v) is 13.4. The summed E-state index contributed by atoms with van der Waals surface area (Å²) in [5, 5.41) is 1.34. The van der Waals surface area contributed by atoms with Gasteiger partial charge < -0.3 is 14.2 Å². The maximum atomic E-state index is 13.8. The second kappa shape index (κ2) is 11.1. The molecule has 2 aliphatic rings. The molecule has 1 unspecified atom stereocenters. The highest BCUT2D eigenvalue weighted by atomic mass is 16.6. The van der Waals surface area contributed by atoms with Crippen LogP contribution in [0.1, 0.15) is 38.3 Å². The summed E-state index contributed by atoms with van der Waals surface area (Å²) in [6.45, 7) is 5.69. The number of hydrazine groups is 1. The van der Waals surface area contributed by atoms with E-state index in [0.29, 0.717) is 17.8 Å². The Morgan fingerprint density at radius 3 is 2.22 bits per heavy atom. The van der Waals surface area contributed by atoms with Crippen molar-refractivity contribution in [1.29, 1.82) is 0 Å². The summed E-state index contributed by atoms with van der Waals surface area (Å²) in [6, 6.07) is 25.8. The van der Waals surface area contributed by atoms with Gasteiger partial charge in [0.25, 0.3) is 0 Å². The van der Waals surface area contributed by atoms with Gasteiger partial charge in [-0.15, -0.1) is 0 Å². The fourth-order valence-corrected chi connectivity index (χ4v) is 5.41. The number of carbonyl (C=O) groups excluding carboxylic acids is 3. The predicted molar refractivity (Wildman–Crippen MR) is 153 cm³/mol. The van der Waals surface area contributed by atoms with Crippen LogP contribution >= 0.6 is 0 Å². The molecule has 2 heterocycles. The maximum Gasteiger partial charge on any atom is 0.429 e. The molecular formula is C31H34N4O6. The molecule has 214 valence electrons. The van der Waals surface area contributed by atoms with Crippen LogP contribution in [0.2, 0.25) is 0 Å². The molecule has 1 fully saturated rings. The van der Waals surface area contributed by atoms with Crippen molar-refractivity contribution in [2.24, 2.45) is 0 Å². The molecule has 0 spiro atoms. The molecule has 0 aromatic heterocycles. The van der Waals surface area contributed by atoms with Crippen molar-refractivity contribution in [3.63, 3.8) is 0 Å². The summed E-state index contributed by atoms with van der Waals surface area (Å²) >= 11 is 0. The number of carbonyl (C=O) groups is 3. The normalized spacial score (nSPS) is 19.3. The van der Waals surface area contributed by atoms with E-state index in [4.69, 9.17) is 14.2 Å². The lowest BCUT2D eigenvalue weighted by Crippen LogP contribution is -2.63. The molecule has 2 aliphatic heterocycles. The van der Waals surface area contributed by atoms with E-state index in [1.54, 1.807) is 39.0 Å². The second-order valence-electron chi connectivity index (χ2n) is 10.9. The van der Waals surface area contributed by atoms with E-state index in [1.807, 2.05) is 66.7 Å². The largest absolute Gasteiger partial charge is 0.453 e. The Morgan fingerprint density at radius 1 is 0.927 bits per heavy atom. The Bertz CT molecular complexity index is 1410. The number of ether oxygens (including phenoxy) is 3. The van der Waals surface area contributed by atoms with Gasteiger partial charge in [0.2, 0.25) is 0 Å². The lowest BCUT2D eigenvalue weighted by molar-refractivity contribution is 0.0528. The first-order chi connectivity index (χ1) is 19.6. The van der Waals surface area contributed by atoms with Crippen molar-refractivity contribution < 1.29 is 28.6 Å². The highest BCUT2D eigenvalue weighted by molar-refractivity contribution is 5.94. The van der Waals surface area contributed by atoms with Gasteiger partial charge >= 0.3 is 18.3 Å². The van der Waals surface area contributed by atoms with Crippen molar-refractivity contribution >= 4 is 29.7 Å². The van der Waals surface area contributed by atoms with Gasteiger partial charge in [-0.05, 0) is 51.0 Å². The first-order valence-electron chi connectivity index (χ1n) is 13.4. The average molecular weight is 559 g/mol. The topological polar surface area (TPSA) is 101 Å². The molecule has 41 heavy (non-hydrogen) atoms. The molecule has 5 rings (SSSR count). The van der Waals surface area contributed by atoms with Crippen molar-refractivity contribution in [2.75, 3.05) is 23.6 Å². The summed E-state index contributed by atoms with van der Waals surface area (Å²) in [5.41, 5.74) is 4.22. The van der Waals surface area contributed by atoms with E-state index in [9.17, 15) is 14.4 Å². The molecule has 0 radical (unpaired) electrons. The molecule has 0 aliphatic carbocycles. The van der Waals surface area contributed by atoms with Crippen LogP contribution in [0.25, 0.3) is 0 Å². The van der Waals surface area contributed by atoms with Crippen LogP contribution in [0, 0.1) is 0 Å². The molecule has 0 saturated carbocycles. The Labute approximate surface area is 239 Å². The Hall–Kier alpha value is -4.57. The quantitative estimate of drug-likeness (QED) is 0.313. The minimum absolute atomic E-state index is 0.0533. The number of hydrogen-bond donors (Lipinski definition) is 1. The first kappa shape index (κ1) is 28.0. The SMILES string of the molecule is COC(=O)N1CC[C@]2(NN(C(=O)OC(C)(C)C)c3ccccc3)c3ccccc3N(C(=O)OCc3ccccc3)C12. The number of rotatable bonds is 5. The van der Waals surface area contributed by atoms with Crippen molar-refractivity contribution in [2.45, 2.75) is 51.1 Å². The van der Waals surface area contributed by atoms with Gasteiger partial charge in [0.1, 0.15) is 23.9 Å². The van der Waals surface area contributed by atoms with Crippen LogP contribution in [0.4, 0.5) is 25.8 Å². The van der Waals surface area contributed by atoms with Crippen LogP contribution in [-0.4, -0.2) is 48.6 Å². The standard InChI is InChI=1S/C31H34N4O6/c1-30(2,3)41-29(38)35(23-15-9-6-10-16-23)32-31-19-20-33(27(36)39-4)26(31)34(25-18-12-11-17-24(25)31)28(37)40-21-22-13-7-5-8-14-22/h5-18,26,32H,19-21H2,1-4H3/t26?,31-/m0/s1.